The number of nitrogens with one attached hydrogen (secondary N) is 2. The first-order chi connectivity index (χ1) is 14.6. The lowest BCUT2D eigenvalue weighted by molar-refractivity contribution is -0.124. The molecule has 6 rings (SSSR count). The number of aromatic nitrogens is 1. The van der Waals surface area contributed by atoms with Gasteiger partial charge in [0.2, 0.25) is 5.91 Å². The van der Waals surface area contributed by atoms with E-state index >= 15 is 0 Å². The third-order valence-electron chi connectivity index (χ3n) is 7.76. The summed E-state index contributed by atoms with van der Waals surface area (Å²) >= 11 is 0. The van der Waals surface area contributed by atoms with Gasteiger partial charge in [-0.15, -0.1) is 0 Å². The second-order valence-electron chi connectivity index (χ2n) is 10.1. The van der Waals surface area contributed by atoms with Crippen LogP contribution in [0.1, 0.15) is 58.3 Å². The molecular weight excluding hydrogens is 374 g/mol. The molecule has 0 radical (unpaired) electrons. The Morgan fingerprint density at radius 2 is 1.83 bits per heavy atom. The van der Waals surface area contributed by atoms with Crippen molar-refractivity contribution in [2.45, 2.75) is 64.3 Å². The van der Waals surface area contributed by atoms with Crippen molar-refractivity contribution in [3.8, 4) is 0 Å². The molecule has 30 heavy (non-hydrogen) atoms. The van der Waals surface area contributed by atoms with Gasteiger partial charge < -0.3 is 15.7 Å². The highest BCUT2D eigenvalue weighted by atomic mass is 16.3. The number of benzene rings is 1. The molecule has 2 aromatic rings. The third-order valence-corrected chi connectivity index (χ3v) is 7.76. The fourth-order valence-electron chi connectivity index (χ4n) is 6.88. The lowest BCUT2D eigenvalue weighted by Gasteiger charge is -2.56. The topological polar surface area (TPSA) is 74.2 Å². The number of aliphatic hydroxyl groups excluding tert-OH is 1. The highest BCUT2D eigenvalue weighted by molar-refractivity contribution is 6.02. The van der Waals surface area contributed by atoms with Crippen LogP contribution in [0.5, 0.6) is 0 Å². The van der Waals surface area contributed by atoms with E-state index in [-0.39, 0.29) is 24.0 Å². The van der Waals surface area contributed by atoms with E-state index in [2.05, 4.69) is 15.6 Å². The lowest BCUT2D eigenvalue weighted by atomic mass is 9.49. The first-order valence-corrected chi connectivity index (χ1v) is 11.6. The number of pyridine rings is 1. The van der Waals surface area contributed by atoms with Gasteiger partial charge in [-0.1, -0.05) is 25.1 Å². The van der Waals surface area contributed by atoms with Gasteiger partial charge in [-0.25, -0.2) is 4.98 Å². The zero-order valence-corrected chi connectivity index (χ0v) is 17.9. The molecule has 4 fully saturated rings. The average molecular weight is 408 g/mol. The van der Waals surface area contributed by atoms with Gasteiger partial charge in [0, 0.05) is 17.9 Å². The summed E-state index contributed by atoms with van der Waals surface area (Å²) in [6.07, 6.45) is 9.36. The van der Waals surface area contributed by atoms with Crippen LogP contribution in [0.3, 0.4) is 0 Å². The Labute approximate surface area is 178 Å². The molecule has 0 aliphatic heterocycles. The number of carbonyl (C=O) groups is 1. The Morgan fingerprint density at radius 1 is 1.17 bits per heavy atom. The van der Waals surface area contributed by atoms with Gasteiger partial charge in [0.05, 0.1) is 23.9 Å². The molecule has 1 unspecified atom stereocenters. The molecule has 1 atom stereocenters. The smallest absolute Gasteiger partial charge is 0.224 e. The largest absolute Gasteiger partial charge is 0.394 e. The second-order valence-corrected chi connectivity index (χ2v) is 10.1. The molecule has 4 aliphatic rings. The molecule has 4 saturated carbocycles. The summed E-state index contributed by atoms with van der Waals surface area (Å²) in [4.78, 5) is 17.9. The number of amides is 1. The number of hydrogen-bond acceptors (Lipinski definition) is 4. The van der Waals surface area contributed by atoms with Crippen molar-refractivity contribution in [1.29, 1.82) is 0 Å². The van der Waals surface area contributed by atoms with Crippen LogP contribution in [-0.4, -0.2) is 28.6 Å². The molecule has 1 aromatic carbocycles. The van der Waals surface area contributed by atoms with Gasteiger partial charge in [-0.3, -0.25) is 4.79 Å². The number of carbonyl (C=O) groups excluding carboxylic acids is 1. The monoisotopic (exact) mass is 407 g/mol. The fraction of sp³-hybridized carbons (Fsp3) is 0.600. The van der Waals surface area contributed by atoms with Crippen LogP contribution in [0.4, 0.5) is 11.5 Å². The molecule has 5 heteroatoms. The SMILES string of the molecule is CCC(CO)Nc1cc(NC(=O)CC23CC4CC(CC(C4)C2)C3)c2ccccc2n1. The molecule has 0 spiro atoms. The zero-order valence-electron chi connectivity index (χ0n) is 17.9. The van der Waals surface area contributed by atoms with Crippen molar-refractivity contribution < 1.29 is 9.90 Å². The Morgan fingerprint density at radius 3 is 2.47 bits per heavy atom. The van der Waals surface area contributed by atoms with Crippen LogP contribution in [0.2, 0.25) is 0 Å². The zero-order chi connectivity index (χ0) is 20.7. The maximum Gasteiger partial charge on any atom is 0.224 e. The Kier molecular flexibility index (Phi) is 5.18. The number of anilines is 2. The molecular formula is C25H33N3O2. The molecule has 4 aliphatic carbocycles. The fourth-order valence-corrected chi connectivity index (χ4v) is 6.88. The molecule has 1 aromatic heterocycles. The normalized spacial score (nSPS) is 30.4. The van der Waals surface area contributed by atoms with Crippen molar-refractivity contribution in [2.24, 2.45) is 23.2 Å². The van der Waals surface area contributed by atoms with E-state index in [0.29, 0.717) is 12.2 Å². The van der Waals surface area contributed by atoms with Crippen LogP contribution in [-0.2, 0) is 4.79 Å². The summed E-state index contributed by atoms with van der Waals surface area (Å²) in [5, 5.41) is 17.0. The van der Waals surface area contributed by atoms with Crippen LogP contribution in [0.25, 0.3) is 10.9 Å². The molecule has 1 amide bonds. The predicted octanol–water partition coefficient (Wildman–Crippen LogP) is 4.96. The summed E-state index contributed by atoms with van der Waals surface area (Å²) in [6.45, 7) is 2.09. The molecule has 5 nitrogen and oxygen atoms in total. The number of aliphatic hydroxyl groups is 1. The Balaban J connectivity index is 1.37. The minimum atomic E-state index is -0.0470. The summed E-state index contributed by atoms with van der Waals surface area (Å²) in [7, 11) is 0. The predicted molar refractivity (Wildman–Crippen MR) is 120 cm³/mol. The summed E-state index contributed by atoms with van der Waals surface area (Å²) < 4.78 is 0. The highest BCUT2D eigenvalue weighted by Gasteiger charge is 2.51. The maximum absolute atomic E-state index is 13.2. The first-order valence-electron chi connectivity index (χ1n) is 11.6. The van der Waals surface area contributed by atoms with Crippen molar-refractivity contribution in [3.05, 3.63) is 30.3 Å². The van der Waals surface area contributed by atoms with Crippen LogP contribution in [0, 0.1) is 23.2 Å². The number of nitrogens with zero attached hydrogens (tertiary/aromatic N) is 1. The van der Waals surface area contributed by atoms with E-state index in [4.69, 9.17) is 0 Å². The number of hydrogen-bond donors (Lipinski definition) is 3. The minimum absolute atomic E-state index is 0.0470. The van der Waals surface area contributed by atoms with Gasteiger partial charge in [0.1, 0.15) is 5.82 Å². The lowest BCUT2D eigenvalue weighted by Crippen LogP contribution is -2.47. The van der Waals surface area contributed by atoms with E-state index in [1.807, 2.05) is 37.3 Å². The molecule has 1 heterocycles. The van der Waals surface area contributed by atoms with Crippen molar-refractivity contribution in [1.82, 2.24) is 4.98 Å². The minimum Gasteiger partial charge on any atom is -0.394 e. The molecule has 3 N–H and O–H groups in total. The van der Waals surface area contributed by atoms with Gasteiger partial charge in [0.15, 0.2) is 0 Å². The summed E-state index contributed by atoms with van der Waals surface area (Å²) in [6, 6.07) is 9.79. The van der Waals surface area contributed by atoms with E-state index < -0.39 is 0 Å². The number of para-hydroxylation sites is 1. The standard InChI is InChI=1S/C25H33N3O2/c1-2-19(15-29)26-23-10-22(20-5-3-4-6-21(20)27-23)28-24(30)14-25-11-16-7-17(12-25)9-18(8-16)13-25/h3-6,10,16-19,29H,2,7-9,11-15H2,1H3,(H2,26,27,28,30). The van der Waals surface area contributed by atoms with Crippen LogP contribution in [0.15, 0.2) is 30.3 Å². The number of fused-ring (bicyclic) bond motifs is 1. The third kappa shape index (κ3) is 3.80. The second kappa shape index (κ2) is 7.84. The molecule has 0 saturated heterocycles. The van der Waals surface area contributed by atoms with Crippen molar-refractivity contribution in [3.63, 3.8) is 0 Å². The summed E-state index contributed by atoms with van der Waals surface area (Å²) in [5.41, 5.74) is 1.89. The molecule has 160 valence electrons. The van der Waals surface area contributed by atoms with Gasteiger partial charge in [0.25, 0.3) is 0 Å². The van der Waals surface area contributed by atoms with Gasteiger partial charge in [-0.2, -0.15) is 0 Å². The van der Waals surface area contributed by atoms with Crippen molar-refractivity contribution in [2.75, 3.05) is 17.2 Å². The maximum atomic E-state index is 13.2. The number of rotatable bonds is 7. The van der Waals surface area contributed by atoms with Gasteiger partial charge in [-0.05, 0) is 74.2 Å². The van der Waals surface area contributed by atoms with Crippen LogP contribution >= 0.6 is 0 Å². The van der Waals surface area contributed by atoms with E-state index in [1.165, 1.54) is 38.5 Å². The Bertz CT molecular complexity index is 902. The van der Waals surface area contributed by atoms with E-state index in [1.54, 1.807) is 0 Å². The molecule has 4 bridgehead atoms. The van der Waals surface area contributed by atoms with Crippen LogP contribution < -0.4 is 10.6 Å². The van der Waals surface area contributed by atoms with E-state index in [9.17, 15) is 9.90 Å². The van der Waals surface area contributed by atoms with E-state index in [0.717, 1.165) is 40.8 Å². The summed E-state index contributed by atoms with van der Waals surface area (Å²) in [5.74, 6) is 3.39. The average Bonchev–Trinajstić information content (AvgIpc) is 2.70. The quantitative estimate of drug-likeness (QED) is 0.606. The van der Waals surface area contributed by atoms with Gasteiger partial charge >= 0.3 is 0 Å². The highest BCUT2D eigenvalue weighted by Crippen LogP contribution is 2.61. The van der Waals surface area contributed by atoms with Crippen molar-refractivity contribution >= 4 is 28.3 Å². The Hall–Kier alpha value is -2.14. The first kappa shape index (κ1) is 19.8.